The first-order chi connectivity index (χ1) is 9.74. The second-order valence-electron chi connectivity index (χ2n) is 4.53. The van der Waals surface area contributed by atoms with E-state index in [9.17, 15) is 4.79 Å². The van der Waals surface area contributed by atoms with Gasteiger partial charge in [0, 0.05) is 27.8 Å². The van der Waals surface area contributed by atoms with Crippen LogP contribution in [0, 0.1) is 0 Å². The summed E-state index contributed by atoms with van der Waals surface area (Å²) in [6, 6.07) is 17.0. The molecule has 0 aliphatic heterocycles. The molecular formula is C16H13ClN2O. The highest BCUT2D eigenvalue weighted by Crippen LogP contribution is 2.24. The van der Waals surface area contributed by atoms with Crippen LogP contribution in [-0.2, 0) is 11.3 Å². The van der Waals surface area contributed by atoms with E-state index >= 15 is 0 Å². The van der Waals surface area contributed by atoms with Gasteiger partial charge in [0.2, 0.25) is 5.91 Å². The monoisotopic (exact) mass is 284 g/mol. The predicted molar refractivity (Wildman–Crippen MR) is 82.0 cm³/mol. The molecule has 0 radical (unpaired) electrons. The molecule has 1 N–H and O–H groups in total. The molecule has 0 saturated carbocycles. The number of para-hydroxylation sites is 1. The molecule has 0 bridgehead atoms. The van der Waals surface area contributed by atoms with Crippen molar-refractivity contribution in [1.29, 1.82) is 0 Å². The Morgan fingerprint density at radius 1 is 1.05 bits per heavy atom. The number of amides is 1. The molecule has 0 unspecified atom stereocenters. The zero-order valence-electron chi connectivity index (χ0n) is 10.7. The summed E-state index contributed by atoms with van der Waals surface area (Å²) in [4.78, 5) is 12.0. The maximum absolute atomic E-state index is 12.0. The standard InChI is InChI=1S/C16H13ClN2O/c17-14-7-4-8-15-13(14)9-10-19(15)11-16(20)18-12-5-2-1-3-6-12/h1-10H,11H2,(H,18,20). The van der Waals surface area contributed by atoms with Crippen LogP contribution in [0.3, 0.4) is 0 Å². The third kappa shape index (κ3) is 2.53. The van der Waals surface area contributed by atoms with Crippen LogP contribution in [0.25, 0.3) is 10.9 Å². The van der Waals surface area contributed by atoms with Crippen molar-refractivity contribution >= 4 is 34.1 Å². The summed E-state index contributed by atoms with van der Waals surface area (Å²) >= 11 is 6.12. The Morgan fingerprint density at radius 3 is 2.65 bits per heavy atom. The molecule has 3 rings (SSSR count). The van der Waals surface area contributed by atoms with Gasteiger partial charge in [-0.2, -0.15) is 0 Å². The summed E-state index contributed by atoms with van der Waals surface area (Å²) in [5.74, 6) is -0.0614. The quantitative estimate of drug-likeness (QED) is 0.777. The summed E-state index contributed by atoms with van der Waals surface area (Å²) in [6.45, 7) is 0.263. The first kappa shape index (κ1) is 12.8. The Morgan fingerprint density at radius 2 is 1.85 bits per heavy atom. The van der Waals surface area contributed by atoms with Gasteiger partial charge in [-0.25, -0.2) is 0 Å². The third-order valence-electron chi connectivity index (χ3n) is 3.13. The molecule has 3 nitrogen and oxygen atoms in total. The molecule has 20 heavy (non-hydrogen) atoms. The number of nitrogens with zero attached hydrogens (tertiary/aromatic N) is 1. The molecule has 0 saturated heterocycles. The number of benzene rings is 2. The maximum atomic E-state index is 12.0. The van der Waals surface area contributed by atoms with Crippen molar-refractivity contribution in [3.8, 4) is 0 Å². The van der Waals surface area contributed by atoms with Crippen LogP contribution in [-0.4, -0.2) is 10.5 Å². The minimum absolute atomic E-state index is 0.0614. The van der Waals surface area contributed by atoms with Crippen molar-refractivity contribution in [2.75, 3.05) is 5.32 Å². The van der Waals surface area contributed by atoms with Crippen molar-refractivity contribution in [2.45, 2.75) is 6.54 Å². The molecule has 3 aromatic rings. The van der Waals surface area contributed by atoms with E-state index < -0.39 is 0 Å². The highest BCUT2D eigenvalue weighted by atomic mass is 35.5. The van der Waals surface area contributed by atoms with Gasteiger partial charge in [0.25, 0.3) is 0 Å². The van der Waals surface area contributed by atoms with E-state index in [1.807, 2.05) is 65.4 Å². The molecule has 1 aromatic heterocycles. The predicted octanol–water partition coefficient (Wildman–Crippen LogP) is 3.93. The zero-order valence-corrected chi connectivity index (χ0v) is 11.5. The van der Waals surface area contributed by atoms with Gasteiger partial charge < -0.3 is 9.88 Å². The molecule has 0 atom stereocenters. The minimum Gasteiger partial charge on any atom is -0.338 e. The van der Waals surface area contributed by atoms with Gasteiger partial charge >= 0.3 is 0 Å². The largest absolute Gasteiger partial charge is 0.338 e. The van der Waals surface area contributed by atoms with E-state index in [2.05, 4.69) is 5.32 Å². The number of rotatable bonds is 3. The lowest BCUT2D eigenvalue weighted by molar-refractivity contribution is -0.116. The highest BCUT2D eigenvalue weighted by molar-refractivity contribution is 6.35. The van der Waals surface area contributed by atoms with Gasteiger partial charge in [-0.3, -0.25) is 4.79 Å². The minimum atomic E-state index is -0.0614. The smallest absolute Gasteiger partial charge is 0.244 e. The molecule has 1 heterocycles. The van der Waals surface area contributed by atoms with Gasteiger partial charge in [-0.15, -0.1) is 0 Å². The molecule has 100 valence electrons. The van der Waals surface area contributed by atoms with Crippen LogP contribution in [0.1, 0.15) is 0 Å². The topological polar surface area (TPSA) is 34.0 Å². The normalized spacial score (nSPS) is 10.7. The highest BCUT2D eigenvalue weighted by Gasteiger charge is 2.08. The Hall–Kier alpha value is -2.26. The van der Waals surface area contributed by atoms with Crippen molar-refractivity contribution in [1.82, 2.24) is 4.57 Å². The summed E-state index contributed by atoms with van der Waals surface area (Å²) in [5, 5.41) is 4.53. The lowest BCUT2D eigenvalue weighted by atomic mass is 10.2. The van der Waals surface area contributed by atoms with Gasteiger partial charge in [0.15, 0.2) is 0 Å². The van der Waals surface area contributed by atoms with Crippen LogP contribution in [0.2, 0.25) is 5.02 Å². The number of carbonyl (C=O) groups is 1. The zero-order chi connectivity index (χ0) is 13.9. The fourth-order valence-corrected chi connectivity index (χ4v) is 2.43. The van der Waals surface area contributed by atoms with Crippen LogP contribution in [0.5, 0.6) is 0 Å². The number of hydrogen-bond donors (Lipinski definition) is 1. The number of aromatic nitrogens is 1. The molecular weight excluding hydrogens is 272 g/mol. The number of hydrogen-bond acceptors (Lipinski definition) is 1. The Labute approximate surface area is 121 Å². The van der Waals surface area contributed by atoms with Crippen LogP contribution in [0.4, 0.5) is 5.69 Å². The molecule has 0 spiro atoms. The molecule has 4 heteroatoms. The lowest BCUT2D eigenvalue weighted by Gasteiger charge is -2.07. The second-order valence-corrected chi connectivity index (χ2v) is 4.94. The van der Waals surface area contributed by atoms with E-state index in [4.69, 9.17) is 11.6 Å². The summed E-state index contributed by atoms with van der Waals surface area (Å²) < 4.78 is 1.89. The maximum Gasteiger partial charge on any atom is 0.244 e. The number of carbonyl (C=O) groups excluding carboxylic acids is 1. The summed E-state index contributed by atoms with van der Waals surface area (Å²) in [5.41, 5.74) is 1.76. The fraction of sp³-hybridized carbons (Fsp3) is 0.0625. The number of halogens is 1. The van der Waals surface area contributed by atoms with E-state index in [1.54, 1.807) is 0 Å². The number of nitrogens with one attached hydrogen (secondary N) is 1. The van der Waals surface area contributed by atoms with E-state index in [0.29, 0.717) is 5.02 Å². The van der Waals surface area contributed by atoms with Gasteiger partial charge in [0.1, 0.15) is 6.54 Å². The second kappa shape index (κ2) is 5.39. The third-order valence-corrected chi connectivity index (χ3v) is 3.46. The van der Waals surface area contributed by atoms with Gasteiger partial charge in [-0.05, 0) is 30.3 Å². The molecule has 1 amide bonds. The Balaban J connectivity index is 1.80. The SMILES string of the molecule is O=C(Cn1ccc2c(Cl)cccc21)Nc1ccccc1. The molecule has 0 aliphatic carbocycles. The van der Waals surface area contributed by atoms with E-state index in [1.165, 1.54) is 0 Å². The fourth-order valence-electron chi connectivity index (χ4n) is 2.20. The molecule has 2 aromatic carbocycles. The Kier molecular flexibility index (Phi) is 3.44. The van der Waals surface area contributed by atoms with Crippen molar-refractivity contribution in [2.24, 2.45) is 0 Å². The van der Waals surface area contributed by atoms with Crippen LogP contribution in [0.15, 0.2) is 60.8 Å². The average molecular weight is 285 g/mol. The lowest BCUT2D eigenvalue weighted by Crippen LogP contribution is -2.18. The molecule has 0 aliphatic rings. The van der Waals surface area contributed by atoms with Gasteiger partial charge in [0.05, 0.1) is 0 Å². The molecule has 0 fully saturated rings. The van der Waals surface area contributed by atoms with Crippen molar-refractivity contribution < 1.29 is 4.79 Å². The van der Waals surface area contributed by atoms with E-state index in [-0.39, 0.29) is 12.5 Å². The number of fused-ring (bicyclic) bond motifs is 1. The Bertz CT molecular complexity index is 750. The van der Waals surface area contributed by atoms with Crippen LogP contribution >= 0.6 is 11.6 Å². The van der Waals surface area contributed by atoms with Crippen LogP contribution < -0.4 is 5.32 Å². The van der Waals surface area contributed by atoms with Crippen molar-refractivity contribution in [3.63, 3.8) is 0 Å². The first-order valence-corrected chi connectivity index (χ1v) is 6.70. The van der Waals surface area contributed by atoms with Gasteiger partial charge in [-0.1, -0.05) is 35.9 Å². The van der Waals surface area contributed by atoms with Crippen molar-refractivity contribution in [3.05, 3.63) is 65.8 Å². The average Bonchev–Trinajstić information content (AvgIpc) is 2.84. The summed E-state index contributed by atoms with van der Waals surface area (Å²) in [6.07, 6.45) is 1.88. The summed E-state index contributed by atoms with van der Waals surface area (Å²) in [7, 11) is 0. The number of anilines is 1. The first-order valence-electron chi connectivity index (χ1n) is 6.32. The van der Waals surface area contributed by atoms with E-state index in [0.717, 1.165) is 16.6 Å².